The van der Waals surface area contributed by atoms with E-state index in [9.17, 15) is 29.0 Å². The Morgan fingerprint density at radius 1 is 1.18 bits per heavy atom. The van der Waals surface area contributed by atoms with Crippen molar-refractivity contribution in [1.29, 1.82) is 0 Å². The van der Waals surface area contributed by atoms with Crippen LogP contribution in [0, 0.1) is 5.82 Å². The molecule has 5 N–H and O–H groups in total. The number of benzene rings is 1. The van der Waals surface area contributed by atoms with Crippen LogP contribution in [0.25, 0.3) is 11.1 Å². The number of halogens is 1. The van der Waals surface area contributed by atoms with Crippen molar-refractivity contribution in [2.75, 3.05) is 30.3 Å². The molecule has 0 atom stereocenters. The number of aromatic amines is 1. The lowest BCUT2D eigenvalue weighted by Gasteiger charge is -2.27. The Bertz CT molecular complexity index is 1000. The maximum atomic E-state index is 13.9. The van der Waals surface area contributed by atoms with E-state index >= 15 is 0 Å². The Hall–Kier alpha value is -2.85. The van der Waals surface area contributed by atoms with E-state index in [1.807, 2.05) is 0 Å². The fraction of sp³-hybridized carbons (Fsp3) is 0.278. The van der Waals surface area contributed by atoms with Crippen LogP contribution in [0.5, 0.6) is 0 Å². The number of carbonyl (C=O) groups is 2. The second kappa shape index (κ2) is 8.03. The number of rotatable bonds is 5. The van der Waals surface area contributed by atoms with Gasteiger partial charge < -0.3 is 20.9 Å². The zero-order valence-electron chi connectivity index (χ0n) is 14.7. The summed E-state index contributed by atoms with van der Waals surface area (Å²) in [6, 6.07) is 3.61. The van der Waals surface area contributed by atoms with Crippen molar-refractivity contribution in [2.45, 2.75) is 6.54 Å². The number of nitrogens with two attached hydrogens (primary N) is 1. The Kier molecular flexibility index (Phi) is 5.71. The smallest absolute Gasteiger partial charge is 0.342 e. The number of carboxylic acid groups (broad SMARTS) is 2. The highest BCUT2D eigenvalue weighted by Gasteiger charge is 2.28. The SMILES string of the molecule is Nc1[nH]c(=O)c(C(=O)O)c(-c2ccc(F)cc2CN2CCSCC2)c1C(=O)O. The topological polar surface area (TPSA) is 137 Å². The third kappa shape index (κ3) is 3.87. The standard InChI is InChI=1S/C18H18FN3O5S/c19-10-1-2-11(9(7-10)8-22-3-5-28-6-4-22)12-13(17(24)25)15(20)21-16(23)14(12)18(26)27/h1-2,7H,3-6,8H2,(H,24,25)(H,26,27)(H3,20,21,23). The second-order valence-corrected chi connectivity index (χ2v) is 7.52. The van der Waals surface area contributed by atoms with Gasteiger partial charge >= 0.3 is 11.9 Å². The largest absolute Gasteiger partial charge is 0.478 e. The monoisotopic (exact) mass is 407 g/mol. The third-order valence-corrected chi connectivity index (χ3v) is 5.45. The molecule has 0 radical (unpaired) electrons. The first kappa shape index (κ1) is 19.9. The minimum Gasteiger partial charge on any atom is -0.478 e. The van der Waals surface area contributed by atoms with E-state index in [0.717, 1.165) is 30.7 Å². The Morgan fingerprint density at radius 2 is 1.82 bits per heavy atom. The second-order valence-electron chi connectivity index (χ2n) is 6.29. The van der Waals surface area contributed by atoms with Gasteiger partial charge in [0.05, 0.1) is 0 Å². The van der Waals surface area contributed by atoms with Crippen molar-refractivity contribution < 1.29 is 24.2 Å². The van der Waals surface area contributed by atoms with Crippen molar-refractivity contribution in [3.05, 3.63) is 51.1 Å². The van der Waals surface area contributed by atoms with E-state index in [1.54, 1.807) is 11.8 Å². The zero-order chi connectivity index (χ0) is 20.4. The van der Waals surface area contributed by atoms with Gasteiger partial charge in [-0.2, -0.15) is 11.8 Å². The minimum absolute atomic E-state index is 0.159. The van der Waals surface area contributed by atoms with Crippen molar-refractivity contribution in [2.24, 2.45) is 0 Å². The van der Waals surface area contributed by atoms with E-state index in [1.165, 1.54) is 12.1 Å². The minimum atomic E-state index is -1.59. The molecule has 1 aliphatic heterocycles. The summed E-state index contributed by atoms with van der Waals surface area (Å²) in [6.45, 7) is 1.81. The molecule has 28 heavy (non-hydrogen) atoms. The van der Waals surface area contributed by atoms with Gasteiger partial charge in [0, 0.05) is 36.7 Å². The van der Waals surface area contributed by atoms with E-state index < -0.39 is 40.3 Å². The van der Waals surface area contributed by atoms with E-state index in [2.05, 4.69) is 9.88 Å². The summed E-state index contributed by atoms with van der Waals surface area (Å²) in [5.41, 5.74) is 3.62. The van der Waals surface area contributed by atoms with Gasteiger partial charge in [-0.05, 0) is 23.3 Å². The highest BCUT2D eigenvalue weighted by molar-refractivity contribution is 7.99. The van der Waals surface area contributed by atoms with Crippen LogP contribution in [0.4, 0.5) is 10.2 Å². The zero-order valence-corrected chi connectivity index (χ0v) is 15.5. The first-order chi connectivity index (χ1) is 13.3. The van der Waals surface area contributed by atoms with Gasteiger partial charge in [-0.1, -0.05) is 6.07 Å². The Labute approximate surface area is 163 Å². The number of carboxylic acids is 2. The van der Waals surface area contributed by atoms with Crippen molar-refractivity contribution >= 4 is 29.5 Å². The molecule has 1 fully saturated rings. The number of nitrogens with one attached hydrogen (secondary N) is 1. The maximum Gasteiger partial charge on any atom is 0.342 e. The average Bonchev–Trinajstić information content (AvgIpc) is 2.61. The molecule has 0 aliphatic carbocycles. The van der Waals surface area contributed by atoms with Gasteiger partial charge in [-0.25, -0.2) is 14.0 Å². The predicted molar refractivity (Wildman–Crippen MR) is 103 cm³/mol. The van der Waals surface area contributed by atoms with E-state index in [-0.39, 0.29) is 11.1 Å². The van der Waals surface area contributed by atoms with Crippen LogP contribution >= 0.6 is 11.8 Å². The van der Waals surface area contributed by atoms with Crippen molar-refractivity contribution in [3.63, 3.8) is 0 Å². The molecule has 3 rings (SSSR count). The van der Waals surface area contributed by atoms with Crippen LogP contribution < -0.4 is 11.3 Å². The van der Waals surface area contributed by atoms with Crippen LogP contribution in [-0.4, -0.2) is 56.6 Å². The van der Waals surface area contributed by atoms with Crippen LogP contribution in [0.3, 0.4) is 0 Å². The molecule has 148 valence electrons. The summed E-state index contributed by atoms with van der Waals surface area (Å²) >= 11 is 1.80. The fourth-order valence-corrected chi connectivity index (χ4v) is 4.23. The highest BCUT2D eigenvalue weighted by Crippen LogP contribution is 2.33. The van der Waals surface area contributed by atoms with E-state index in [4.69, 9.17) is 5.73 Å². The summed E-state index contributed by atoms with van der Waals surface area (Å²) in [7, 11) is 0. The number of H-pyrrole nitrogens is 1. The number of nitrogen functional groups attached to an aromatic ring is 1. The number of hydrogen-bond acceptors (Lipinski definition) is 6. The first-order valence-electron chi connectivity index (χ1n) is 8.40. The van der Waals surface area contributed by atoms with Crippen LogP contribution in [0.1, 0.15) is 26.3 Å². The number of aromatic carboxylic acids is 2. The molecule has 10 heteroatoms. The quantitative estimate of drug-likeness (QED) is 0.588. The summed E-state index contributed by atoms with van der Waals surface area (Å²) in [5, 5.41) is 19.1. The molecule has 1 aromatic heterocycles. The number of nitrogens with zero attached hydrogens (tertiary/aromatic N) is 1. The Balaban J connectivity index is 2.27. The fourth-order valence-electron chi connectivity index (χ4n) is 3.25. The van der Waals surface area contributed by atoms with Crippen LogP contribution in [0.15, 0.2) is 23.0 Å². The van der Waals surface area contributed by atoms with Gasteiger partial charge in [0.25, 0.3) is 5.56 Å². The summed E-state index contributed by atoms with van der Waals surface area (Å²) in [5.74, 6) is -2.27. The molecule has 8 nitrogen and oxygen atoms in total. The van der Waals surface area contributed by atoms with Gasteiger partial charge in [-0.15, -0.1) is 0 Å². The van der Waals surface area contributed by atoms with E-state index in [0.29, 0.717) is 12.1 Å². The number of pyridine rings is 1. The van der Waals surface area contributed by atoms with Crippen molar-refractivity contribution in [3.8, 4) is 11.1 Å². The van der Waals surface area contributed by atoms with Crippen LogP contribution in [-0.2, 0) is 6.54 Å². The molecule has 2 heterocycles. The maximum absolute atomic E-state index is 13.9. The number of hydrogen-bond donors (Lipinski definition) is 4. The molecule has 2 aromatic rings. The summed E-state index contributed by atoms with van der Waals surface area (Å²) < 4.78 is 13.9. The van der Waals surface area contributed by atoms with Crippen molar-refractivity contribution in [1.82, 2.24) is 9.88 Å². The number of anilines is 1. The van der Waals surface area contributed by atoms with Gasteiger partial charge in [-0.3, -0.25) is 9.69 Å². The van der Waals surface area contributed by atoms with Gasteiger partial charge in [0.15, 0.2) is 0 Å². The molecular weight excluding hydrogens is 389 g/mol. The molecule has 0 amide bonds. The number of aromatic nitrogens is 1. The molecular formula is C18H18FN3O5S. The molecule has 0 spiro atoms. The first-order valence-corrected chi connectivity index (χ1v) is 9.56. The van der Waals surface area contributed by atoms with Crippen LogP contribution in [0.2, 0.25) is 0 Å². The lowest BCUT2D eigenvalue weighted by molar-refractivity contribution is 0.0695. The third-order valence-electron chi connectivity index (χ3n) is 4.51. The summed E-state index contributed by atoms with van der Waals surface area (Å²) in [4.78, 5) is 39.9. The normalized spacial score (nSPS) is 14.8. The highest BCUT2D eigenvalue weighted by atomic mass is 32.2. The predicted octanol–water partition coefficient (Wildman–Crippen LogP) is 1.71. The molecule has 1 aromatic carbocycles. The van der Waals surface area contributed by atoms with Gasteiger partial charge in [0.1, 0.15) is 22.8 Å². The number of thioether (sulfide) groups is 1. The van der Waals surface area contributed by atoms with Gasteiger partial charge in [0.2, 0.25) is 0 Å². The molecule has 1 aliphatic rings. The average molecular weight is 407 g/mol. The molecule has 0 saturated carbocycles. The Morgan fingerprint density at radius 3 is 2.43 bits per heavy atom. The molecule has 0 bridgehead atoms. The summed E-state index contributed by atoms with van der Waals surface area (Å²) in [6.07, 6.45) is 0. The lowest BCUT2D eigenvalue weighted by atomic mass is 9.91. The molecule has 1 saturated heterocycles. The molecule has 0 unspecified atom stereocenters. The lowest BCUT2D eigenvalue weighted by Crippen LogP contribution is -2.32.